The van der Waals surface area contributed by atoms with E-state index in [1.807, 2.05) is 14.0 Å². The smallest absolute Gasteiger partial charge is 0.165 e. The van der Waals surface area contributed by atoms with Crippen molar-refractivity contribution < 1.29 is 19.3 Å². The van der Waals surface area contributed by atoms with Crippen molar-refractivity contribution in [3.8, 4) is 11.5 Å². The molecule has 1 unspecified atom stereocenters. The largest absolute Gasteiger partial charge is 0.489 e. The summed E-state index contributed by atoms with van der Waals surface area (Å²) in [7, 11) is 1.81. The lowest BCUT2D eigenvalue weighted by molar-refractivity contribution is -0.206. The van der Waals surface area contributed by atoms with Crippen LogP contribution >= 0.6 is 15.9 Å². The minimum absolute atomic E-state index is 0.00164. The minimum Gasteiger partial charge on any atom is -0.489 e. The van der Waals surface area contributed by atoms with Crippen LogP contribution in [-0.2, 0) is 16.6 Å². The highest BCUT2D eigenvalue weighted by Gasteiger charge is 2.70. The van der Waals surface area contributed by atoms with E-state index < -0.39 is 5.60 Å². The van der Waals surface area contributed by atoms with E-state index in [1.54, 1.807) is 0 Å². The molecule has 1 N–H and O–H groups in total. The molecule has 3 aliphatic carbocycles. The average Bonchev–Trinajstić information content (AvgIpc) is 3.56. The summed E-state index contributed by atoms with van der Waals surface area (Å²) in [6.45, 7) is 11.5. The Morgan fingerprint density at radius 3 is 2.66 bits per heavy atom. The predicted octanol–water partition coefficient (Wildman–Crippen LogP) is 4.95. The zero-order valence-corrected chi connectivity index (χ0v) is 23.6. The van der Waals surface area contributed by atoms with Gasteiger partial charge in [0.15, 0.2) is 11.5 Å². The van der Waals surface area contributed by atoms with Gasteiger partial charge in [0, 0.05) is 41.9 Å². The predicted molar refractivity (Wildman–Crippen MR) is 141 cm³/mol. The number of likely N-dealkylation sites (tertiary alicyclic amines) is 1. The molecular formula is C29H42BrNO4. The Bertz CT molecular complexity index is 986. The third-order valence-corrected chi connectivity index (χ3v) is 10.8. The third-order valence-electron chi connectivity index (χ3n) is 10.5. The van der Waals surface area contributed by atoms with Gasteiger partial charge in [-0.2, -0.15) is 0 Å². The third kappa shape index (κ3) is 3.49. The number of rotatable bonds is 7. The quantitative estimate of drug-likeness (QED) is 0.489. The number of ether oxygens (including phenoxy) is 3. The number of hydrogen-bond acceptors (Lipinski definition) is 5. The van der Waals surface area contributed by atoms with Crippen LogP contribution in [0.4, 0.5) is 0 Å². The Morgan fingerprint density at radius 1 is 1.23 bits per heavy atom. The van der Waals surface area contributed by atoms with E-state index in [9.17, 15) is 5.11 Å². The van der Waals surface area contributed by atoms with Crippen LogP contribution in [0.5, 0.6) is 11.5 Å². The number of nitrogens with zero attached hydrogens (tertiary/aromatic N) is 1. The van der Waals surface area contributed by atoms with Gasteiger partial charge >= 0.3 is 0 Å². The Balaban J connectivity index is 1.49. The second-order valence-electron chi connectivity index (χ2n) is 13.0. The Hall–Kier alpha value is -0.820. The summed E-state index contributed by atoms with van der Waals surface area (Å²) in [4.78, 5) is 2.80. The molecule has 6 heteroatoms. The van der Waals surface area contributed by atoms with Gasteiger partial charge in [-0.3, -0.25) is 4.90 Å². The number of benzene rings is 1. The lowest BCUT2D eigenvalue weighted by Crippen LogP contribution is -2.71. The Labute approximate surface area is 219 Å². The van der Waals surface area contributed by atoms with E-state index in [4.69, 9.17) is 14.2 Å². The van der Waals surface area contributed by atoms with Gasteiger partial charge in [-0.1, -0.05) is 42.8 Å². The van der Waals surface area contributed by atoms with Gasteiger partial charge in [0.1, 0.15) is 12.2 Å². The molecule has 2 heterocycles. The highest BCUT2D eigenvalue weighted by atomic mass is 79.9. The molecule has 0 aromatic heterocycles. The maximum absolute atomic E-state index is 12.0. The standard InChI is InChI=1S/C29H42BrNO4/c1-27(2,3)28(4,32)20-15-19-21-14-18-8-9-22(34-13-11-30)25-23(18)29(19,26(35-25)24(20)33-5)10-12-31(21)16-17-6-7-17/h8-9,17,19-21,24,26,32H,6-7,10-16H2,1-5H3/t19?,20-,21+,24+,26+,28-,29-/m0/s1. The first-order valence-electron chi connectivity index (χ1n) is 13.6. The molecule has 7 atom stereocenters. The molecule has 5 nitrogen and oxygen atoms in total. The zero-order valence-electron chi connectivity index (χ0n) is 22.0. The number of alkyl halides is 1. The van der Waals surface area contributed by atoms with E-state index in [0.29, 0.717) is 18.6 Å². The summed E-state index contributed by atoms with van der Waals surface area (Å²) in [5, 5.41) is 12.8. The fourth-order valence-electron chi connectivity index (χ4n) is 8.07. The molecule has 2 bridgehead atoms. The summed E-state index contributed by atoms with van der Waals surface area (Å²) in [5.41, 5.74) is 1.63. The summed E-state index contributed by atoms with van der Waals surface area (Å²) >= 11 is 3.51. The van der Waals surface area contributed by atoms with Gasteiger partial charge in [0.05, 0.1) is 12.2 Å². The minimum atomic E-state index is -0.876. The molecule has 5 aliphatic rings. The molecule has 3 fully saturated rings. The van der Waals surface area contributed by atoms with Crippen molar-refractivity contribution in [3.63, 3.8) is 0 Å². The van der Waals surface area contributed by atoms with Crippen molar-refractivity contribution in [2.24, 2.45) is 23.2 Å². The molecule has 0 radical (unpaired) electrons. The molecule has 1 spiro atoms. The fourth-order valence-corrected chi connectivity index (χ4v) is 8.24. The highest BCUT2D eigenvalue weighted by molar-refractivity contribution is 9.09. The number of methoxy groups -OCH3 is 1. The summed E-state index contributed by atoms with van der Waals surface area (Å²) in [5.74, 6) is 3.14. The normalized spacial score (nSPS) is 37.4. The fraction of sp³-hybridized carbons (Fsp3) is 0.793. The van der Waals surface area contributed by atoms with Crippen LogP contribution in [0.25, 0.3) is 0 Å². The van der Waals surface area contributed by atoms with Crippen molar-refractivity contribution in [2.75, 3.05) is 32.1 Å². The van der Waals surface area contributed by atoms with Gasteiger partial charge in [0.2, 0.25) is 0 Å². The second kappa shape index (κ2) is 8.34. The van der Waals surface area contributed by atoms with Gasteiger partial charge in [-0.25, -0.2) is 0 Å². The van der Waals surface area contributed by atoms with Gasteiger partial charge in [-0.05, 0) is 74.5 Å². The maximum atomic E-state index is 12.0. The second-order valence-corrected chi connectivity index (χ2v) is 13.8. The molecule has 0 amide bonds. The van der Waals surface area contributed by atoms with Crippen LogP contribution in [0.3, 0.4) is 0 Å². The molecule has 1 aromatic rings. The molecule has 6 rings (SSSR count). The maximum Gasteiger partial charge on any atom is 0.165 e. The van der Waals surface area contributed by atoms with E-state index in [-0.39, 0.29) is 29.0 Å². The molecule has 194 valence electrons. The molecule has 2 saturated carbocycles. The van der Waals surface area contributed by atoms with Gasteiger partial charge in [0.25, 0.3) is 0 Å². The van der Waals surface area contributed by atoms with Crippen molar-refractivity contribution in [3.05, 3.63) is 23.3 Å². The monoisotopic (exact) mass is 547 g/mol. The number of hydrogen-bond donors (Lipinski definition) is 1. The molecule has 2 aliphatic heterocycles. The first-order valence-corrected chi connectivity index (χ1v) is 14.8. The summed E-state index contributed by atoms with van der Waals surface area (Å²) in [6, 6.07) is 4.93. The van der Waals surface area contributed by atoms with E-state index >= 15 is 0 Å². The number of halogens is 1. The average molecular weight is 549 g/mol. The van der Waals surface area contributed by atoms with E-state index in [1.165, 1.54) is 30.5 Å². The van der Waals surface area contributed by atoms with Crippen molar-refractivity contribution in [1.29, 1.82) is 0 Å². The zero-order chi connectivity index (χ0) is 24.8. The lowest BCUT2D eigenvalue weighted by Gasteiger charge is -2.63. The van der Waals surface area contributed by atoms with E-state index in [2.05, 4.69) is 53.7 Å². The van der Waals surface area contributed by atoms with Gasteiger partial charge in [-0.15, -0.1) is 0 Å². The summed E-state index contributed by atoms with van der Waals surface area (Å²) in [6.07, 6.45) is 5.63. The molecule has 1 aromatic carbocycles. The Kier molecular flexibility index (Phi) is 5.84. The number of piperidine rings is 1. The molecule has 35 heavy (non-hydrogen) atoms. The van der Waals surface area contributed by atoms with Crippen LogP contribution in [0, 0.1) is 23.2 Å². The van der Waals surface area contributed by atoms with Crippen molar-refractivity contribution >= 4 is 15.9 Å². The van der Waals surface area contributed by atoms with Crippen molar-refractivity contribution in [2.45, 2.75) is 89.1 Å². The van der Waals surface area contributed by atoms with E-state index in [0.717, 1.165) is 48.6 Å². The van der Waals surface area contributed by atoms with Crippen LogP contribution in [0.2, 0.25) is 0 Å². The first kappa shape index (κ1) is 24.5. The summed E-state index contributed by atoms with van der Waals surface area (Å²) < 4.78 is 19.5. The van der Waals surface area contributed by atoms with Crippen LogP contribution in [0.15, 0.2) is 12.1 Å². The van der Waals surface area contributed by atoms with Crippen molar-refractivity contribution in [1.82, 2.24) is 4.90 Å². The lowest BCUT2D eigenvalue weighted by atomic mass is 9.47. The van der Waals surface area contributed by atoms with Crippen LogP contribution in [0.1, 0.15) is 64.5 Å². The SMILES string of the molecule is CO[C@H]1[C@H]2Oc3c(OCCBr)ccc4c3[C@@]23CCN(CC2CC2)[C@H](C4)C3C[C@@H]1[C@](C)(O)C(C)(C)C. The molecular weight excluding hydrogens is 506 g/mol. The van der Waals surface area contributed by atoms with Crippen LogP contribution in [-0.4, -0.2) is 66.0 Å². The topological polar surface area (TPSA) is 51.2 Å². The molecule has 1 saturated heterocycles. The Morgan fingerprint density at radius 2 is 2.00 bits per heavy atom. The number of aliphatic hydroxyl groups is 1. The first-order chi connectivity index (χ1) is 16.6. The highest BCUT2D eigenvalue weighted by Crippen LogP contribution is 2.66. The van der Waals surface area contributed by atoms with Crippen LogP contribution < -0.4 is 9.47 Å². The van der Waals surface area contributed by atoms with Gasteiger partial charge < -0.3 is 19.3 Å².